The first-order chi connectivity index (χ1) is 10.1. The van der Waals surface area contributed by atoms with Crippen molar-refractivity contribution in [3.8, 4) is 5.75 Å². The van der Waals surface area contributed by atoms with Crippen LogP contribution in [0.3, 0.4) is 0 Å². The highest BCUT2D eigenvalue weighted by Crippen LogP contribution is 2.30. The molecule has 1 aliphatic heterocycles. The van der Waals surface area contributed by atoms with Crippen LogP contribution in [0.1, 0.15) is 0 Å². The summed E-state index contributed by atoms with van der Waals surface area (Å²) in [4.78, 5) is 13.8. The maximum absolute atomic E-state index is 12.3. The Morgan fingerprint density at radius 2 is 1.67 bits per heavy atom. The zero-order valence-electron chi connectivity index (χ0n) is 11.1. The Bertz CT molecular complexity index is 771. The highest BCUT2D eigenvalue weighted by molar-refractivity contribution is 7.91. The molecule has 0 radical (unpaired) electrons. The van der Waals surface area contributed by atoms with Crippen LogP contribution in [0.2, 0.25) is 0 Å². The van der Waals surface area contributed by atoms with Crippen LogP contribution in [0.15, 0.2) is 59.5 Å². The van der Waals surface area contributed by atoms with Crippen LogP contribution in [-0.4, -0.2) is 26.8 Å². The molecule has 3 rings (SSSR count). The number of fused-ring (bicyclic) bond motifs is 1. The molecule has 1 aliphatic rings. The van der Waals surface area contributed by atoms with E-state index in [4.69, 9.17) is 4.74 Å². The molecule has 2 aromatic rings. The summed E-state index contributed by atoms with van der Waals surface area (Å²) < 4.78 is 29.3. The lowest BCUT2D eigenvalue weighted by atomic mass is 10.3. The second-order valence-electron chi connectivity index (χ2n) is 4.62. The van der Waals surface area contributed by atoms with E-state index in [-0.39, 0.29) is 17.2 Å². The topological polar surface area (TPSA) is 63.7 Å². The van der Waals surface area contributed by atoms with Crippen LogP contribution < -0.4 is 9.64 Å². The number of nitrogens with zero attached hydrogens (tertiary/aromatic N) is 1. The molecule has 1 heterocycles. The summed E-state index contributed by atoms with van der Waals surface area (Å²) in [6.07, 6.45) is -0.580. The Hall–Kier alpha value is -2.34. The standard InChI is InChI=1S/C15H13NO4S/c17-15(20-12-6-2-1-3-7-12)16-10-11-21(18,19)14-9-5-4-8-13(14)16/h1-9H,10-11H2. The molecule has 0 bridgehead atoms. The molecule has 1 amide bonds. The second kappa shape index (κ2) is 5.21. The van der Waals surface area contributed by atoms with E-state index in [1.54, 1.807) is 42.5 Å². The molecule has 0 fully saturated rings. The third-order valence-electron chi connectivity index (χ3n) is 3.24. The molecule has 5 nitrogen and oxygen atoms in total. The molecule has 0 unspecified atom stereocenters. The van der Waals surface area contributed by atoms with Gasteiger partial charge < -0.3 is 4.74 Å². The van der Waals surface area contributed by atoms with Crippen LogP contribution in [-0.2, 0) is 9.84 Å². The van der Waals surface area contributed by atoms with Crippen molar-refractivity contribution in [3.05, 3.63) is 54.6 Å². The molecule has 2 aromatic carbocycles. The van der Waals surface area contributed by atoms with Gasteiger partial charge in [0.15, 0.2) is 9.84 Å². The van der Waals surface area contributed by atoms with E-state index in [0.717, 1.165) is 0 Å². The minimum Gasteiger partial charge on any atom is -0.410 e. The van der Waals surface area contributed by atoms with Crippen LogP contribution in [0.25, 0.3) is 0 Å². The molecular weight excluding hydrogens is 290 g/mol. The van der Waals surface area contributed by atoms with Gasteiger partial charge in [0.05, 0.1) is 16.3 Å². The monoisotopic (exact) mass is 303 g/mol. The van der Waals surface area contributed by atoms with E-state index in [2.05, 4.69) is 0 Å². The average molecular weight is 303 g/mol. The van der Waals surface area contributed by atoms with Gasteiger partial charge in [0.25, 0.3) is 0 Å². The fraction of sp³-hybridized carbons (Fsp3) is 0.133. The Kier molecular flexibility index (Phi) is 3.39. The number of hydrogen-bond acceptors (Lipinski definition) is 4. The molecule has 0 saturated heterocycles. The molecule has 6 heteroatoms. The van der Waals surface area contributed by atoms with Crippen LogP contribution in [0.5, 0.6) is 5.75 Å². The zero-order chi connectivity index (χ0) is 14.9. The quantitative estimate of drug-likeness (QED) is 0.812. The van der Waals surface area contributed by atoms with Crippen molar-refractivity contribution >= 4 is 21.6 Å². The normalized spacial score (nSPS) is 16.1. The Morgan fingerprint density at radius 1 is 1.00 bits per heavy atom. The summed E-state index contributed by atoms with van der Waals surface area (Å²) in [6, 6.07) is 15.1. The van der Waals surface area contributed by atoms with Crippen LogP contribution >= 0.6 is 0 Å². The highest BCUT2D eigenvalue weighted by Gasteiger charge is 2.32. The third-order valence-corrected chi connectivity index (χ3v) is 4.98. The number of amides is 1. The number of carbonyl (C=O) groups excluding carboxylic acids is 1. The van der Waals surface area contributed by atoms with Gasteiger partial charge in [0, 0.05) is 6.54 Å². The van der Waals surface area contributed by atoms with Gasteiger partial charge in [-0.05, 0) is 24.3 Å². The van der Waals surface area contributed by atoms with Crippen LogP contribution in [0, 0.1) is 0 Å². The van der Waals surface area contributed by atoms with Crippen molar-refractivity contribution in [3.63, 3.8) is 0 Å². The molecule has 0 spiro atoms. The van der Waals surface area contributed by atoms with Crippen LogP contribution in [0.4, 0.5) is 10.5 Å². The first-order valence-corrected chi connectivity index (χ1v) is 8.09. The first kappa shape index (κ1) is 13.6. The molecule has 0 aromatic heterocycles. The number of hydrogen-bond donors (Lipinski definition) is 0. The van der Waals surface area contributed by atoms with Gasteiger partial charge in [-0.2, -0.15) is 0 Å². The van der Waals surface area contributed by atoms with Gasteiger partial charge >= 0.3 is 6.09 Å². The first-order valence-electron chi connectivity index (χ1n) is 6.44. The largest absolute Gasteiger partial charge is 0.419 e. The van der Waals surface area contributed by atoms with Crippen molar-refractivity contribution in [2.24, 2.45) is 0 Å². The van der Waals surface area contributed by atoms with Gasteiger partial charge in [0.2, 0.25) is 0 Å². The van der Waals surface area contributed by atoms with Crippen molar-refractivity contribution in [2.45, 2.75) is 4.90 Å². The summed E-state index contributed by atoms with van der Waals surface area (Å²) in [6.45, 7) is 0.0883. The van der Waals surface area contributed by atoms with E-state index in [0.29, 0.717) is 11.4 Å². The van der Waals surface area contributed by atoms with E-state index >= 15 is 0 Å². The minimum atomic E-state index is -3.33. The number of carbonyl (C=O) groups is 1. The fourth-order valence-electron chi connectivity index (χ4n) is 2.22. The smallest absolute Gasteiger partial charge is 0.410 e. The average Bonchev–Trinajstić information content (AvgIpc) is 2.48. The summed E-state index contributed by atoms with van der Waals surface area (Å²) in [5.74, 6) is 0.321. The Morgan fingerprint density at radius 3 is 2.43 bits per heavy atom. The van der Waals surface area contributed by atoms with Crippen molar-refractivity contribution in [2.75, 3.05) is 17.2 Å². The van der Waals surface area contributed by atoms with Gasteiger partial charge in [-0.25, -0.2) is 13.2 Å². The third kappa shape index (κ3) is 2.62. The number of anilines is 1. The molecule has 0 aliphatic carbocycles. The number of sulfone groups is 1. The predicted molar refractivity (Wildman–Crippen MR) is 78.3 cm³/mol. The maximum atomic E-state index is 12.3. The Labute approximate surface area is 122 Å². The minimum absolute atomic E-state index is 0.0883. The molecule has 108 valence electrons. The van der Waals surface area contributed by atoms with Crippen molar-refractivity contribution in [1.29, 1.82) is 0 Å². The molecular formula is C15H13NO4S. The summed E-state index contributed by atoms with van der Waals surface area (Å²) >= 11 is 0. The fourth-order valence-corrected chi connectivity index (χ4v) is 3.64. The zero-order valence-corrected chi connectivity index (χ0v) is 11.9. The molecule has 0 saturated carbocycles. The SMILES string of the molecule is O=C(Oc1ccccc1)N1CCS(=O)(=O)c2ccccc21. The van der Waals surface area contributed by atoms with Gasteiger partial charge in [-0.1, -0.05) is 30.3 Å². The van der Waals surface area contributed by atoms with Gasteiger partial charge in [-0.15, -0.1) is 0 Å². The van der Waals surface area contributed by atoms with Gasteiger partial charge in [-0.3, -0.25) is 4.90 Å². The molecule has 21 heavy (non-hydrogen) atoms. The number of rotatable bonds is 1. The molecule has 0 atom stereocenters. The van der Waals surface area contributed by atoms with E-state index in [9.17, 15) is 13.2 Å². The van der Waals surface area contributed by atoms with E-state index in [1.807, 2.05) is 6.07 Å². The predicted octanol–water partition coefficient (Wildman–Crippen LogP) is 2.48. The number of para-hydroxylation sites is 2. The Balaban J connectivity index is 1.92. The van der Waals surface area contributed by atoms with E-state index in [1.165, 1.54) is 11.0 Å². The number of benzene rings is 2. The summed E-state index contributed by atoms with van der Waals surface area (Å²) in [5, 5.41) is 0. The lowest BCUT2D eigenvalue weighted by molar-refractivity contribution is 0.207. The summed E-state index contributed by atoms with van der Waals surface area (Å²) in [7, 11) is -3.33. The lowest BCUT2D eigenvalue weighted by Gasteiger charge is -2.28. The van der Waals surface area contributed by atoms with Crippen molar-refractivity contribution in [1.82, 2.24) is 0 Å². The van der Waals surface area contributed by atoms with E-state index < -0.39 is 15.9 Å². The molecule has 0 N–H and O–H groups in total. The second-order valence-corrected chi connectivity index (χ2v) is 6.70. The summed E-state index contributed by atoms with van der Waals surface area (Å²) in [5.41, 5.74) is 0.365. The number of ether oxygens (including phenoxy) is 1. The highest BCUT2D eigenvalue weighted by atomic mass is 32.2. The van der Waals surface area contributed by atoms with Crippen molar-refractivity contribution < 1.29 is 17.9 Å². The lowest BCUT2D eigenvalue weighted by Crippen LogP contribution is -2.41. The van der Waals surface area contributed by atoms with Gasteiger partial charge in [0.1, 0.15) is 5.75 Å². The maximum Gasteiger partial charge on any atom is 0.419 e.